The van der Waals surface area contributed by atoms with Gasteiger partial charge < -0.3 is 0 Å². The minimum Gasteiger partial charge on any atom is -0.0654 e. The monoisotopic (exact) mass is 385 g/mol. The molecule has 0 heteroatoms. The molecule has 161 valence electrons. The molecular formula is C28H49. The van der Waals surface area contributed by atoms with Gasteiger partial charge in [-0.25, -0.2) is 0 Å². The maximum Gasteiger partial charge on any atom is 0.00498 e. The quantitative estimate of drug-likeness (QED) is 0.208. The van der Waals surface area contributed by atoms with Crippen molar-refractivity contribution < 1.29 is 0 Å². The first kappa shape index (κ1) is 25.3. The van der Waals surface area contributed by atoms with Crippen LogP contribution in [0.3, 0.4) is 0 Å². The van der Waals surface area contributed by atoms with E-state index >= 15 is 0 Å². The smallest absolute Gasteiger partial charge is 0.00498 e. The molecule has 0 amide bonds. The fourth-order valence-corrected chi connectivity index (χ4v) is 4.20. The van der Waals surface area contributed by atoms with E-state index in [0.717, 1.165) is 0 Å². The molecule has 0 aromatic heterocycles. The molecule has 1 rings (SSSR count). The van der Waals surface area contributed by atoms with Gasteiger partial charge in [0.2, 0.25) is 0 Å². The van der Waals surface area contributed by atoms with Gasteiger partial charge in [0.1, 0.15) is 0 Å². The number of unbranched alkanes of at least 4 members (excludes halogenated alkanes) is 12. The molecule has 0 aliphatic rings. The Labute approximate surface area is 177 Å². The zero-order chi connectivity index (χ0) is 20.3. The van der Waals surface area contributed by atoms with Gasteiger partial charge in [0.15, 0.2) is 0 Å². The number of rotatable bonds is 19. The van der Waals surface area contributed by atoms with Gasteiger partial charge in [-0.1, -0.05) is 141 Å². The van der Waals surface area contributed by atoms with E-state index in [1.54, 1.807) is 5.92 Å². The molecule has 0 aliphatic carbocycles. The molecule has 0 saturated carbocycles. The highest BCUT2D eigenvalue weighted by Crippen LogP contribution is 2.28. The lowest BCUT2D eigenvalue weighted by Crippen LogP contribution is -2.01. The Bertz CT molecular complexity index is 430. The Kier molecular flexibility index (Phi) is 16.5. The molecule has 1 aromatic rings. The van der Waals surface area contributed by atoms with Gasteiger partial charge in [0.25, 0.3) is 0 Å². The van der Waals surface area contributed by atoms with Gasteiger partial charge in [-0.2, -0.15) is 0 Å². The average Bonchev–Trinajstić information content (AvgIpc) is 2.72. The van der Waals surface area contributed by atoms with Gasteiger partial charge in [0.05, 0.1) is 0 Å². The third kappa shape index (κ3) is 12.6. The minimum atomic E-state index is 1.21. The fourth-order valence-electron chi connectivity index (χ4n) is 4.20. The summed E-state index contributed by atoms with van der Waals surface area (Å²) in [4.78, 5) is 0. The normalized spacial score (nSPS) is 11.4. The topological polar surface area (TPSA) is 0 Å². The van der Waals surface area contributed by atoms with Crippen LogP contribution < -0.4 is 0 Å². The molecule has 0 spiro atoms. The van der Waals surface area contributed by atoms with Gasteiger partial charge >= 0.3 is 0 Å². The molecule has 0 heterocycles. The maximum atomic E-state index is 2.40. The SMILES string of the molecule is CCCCCCCCCC[C](CCCCCCCC)c1ccc(CCC)cc1. The maximum absolute atomic E-state index is 2.40. The minimum absolute atomic E-state index is 1.21. The third-order valence-corrected chi connectivity index (χ3v) is 6.07. The second-order valence-electron chi connectivity index (χ2n) is 8.79. The van der Waals surface area contributed by atoms with Crippen LogP contribution in [0.1, 0.15) is 141 Å². The van der Waals surface area contributed by atoms with Crippen molar-refractivity contribution in [3.63, 3.8) is 0 Å². The number of hydrogen-bond acceptors (Lipinski definition) is 0. The van der Waals surface area contributed by atoms with Crippen LogP contribution in [0, 0.1) is 5.92 Å². The van der Waals surface area contributed by atoms with Crippen molar-refractivity contribution in [2.24, 2.45) is 0 Å². The first-order valence-corrected chi connectivity index (χ1v) is 12.8. The van der Waals surface area contributed by atoms with Crippen LogP contribution in [-0.2, 0) is 6.42 Å². The predicted molar refractivity (Wildman–Crippen MR) is 128 cm³/mol. The molecule has 0 nitrogen and oxygen atoms in total. The lowest BCUT2D eigenvalue weighted by Gasteiger charge is -2.17. The molecule has 0 unspecified atom stereocenters. The van der Waals surface area contributed by atoms with Crippen LogP contribution in [-0.4, -0.2) is 0 Å². The zero-order valence-corrected chi connectivity index (χ0v) is 19.5. The van der Waals surface area contributed by atoms with E-state index in [2.05, 4.69) is 45.0 Å². The standard InChI is InChI=1S/C28H49/c1-4-7-9-11-13-14-16-18-21-27(20-17-15-12-10-8-5-2)28-24-22-26(19-6-3)23-25-28/h22-25H,4-21H2,1-3H3. The summed E-state index contributed by atoms with van der Waals surface area (Å²) in [5, 5.41) is 0. The van der Waals surface area contributed by atoms with E-state index in [4.69, 9.17) is 0 Å². The summed E-state index contributed by atoms with van der Waals surface area (Å²) < 4.78 is 0. The molecule has 1 aromatic carbocycles. The highest BCUT2D eigenvalue weighted by atomic mass is 14.2. The van der Waals surface area contributed by atoms with Crippen molar-refractivity contribution >= 4 is 0 Å². The van der Waals surface area contributed by atoms with Crippen LogP contribution in [0.5, 0.6) is 0 Å². The van der Waals surface area contributed by atoms with Crippen molar-refractivity contribution in [1.29, 1.82) is 0 Å². The van der Waals surface area contributed by atoms with E-state index in [0.29, 0.717) is 0 Å². The van der Waals surface area contributed by atoms with Crippen molar-refractivity contribution in [1.82, 2.24) is 0 Å². The summed E-state index contributed by atoms with van der Waals surface area (Å²) in [5.41, 5.74) is 3.02. The summed E-state index contributed by atoms with van der Waals surface area (Å²) in [6.07, 6.45) is 24.8. The van der Waals surface area contributed by atoms with E-state index < -0.39 is 0 Å². The van der Waals surface area contributed by atoms with Crippen molar-refractivity contribution in [2.45, 2.75) is 136 Å². The van der Waals surface area contributed by atoms with Gasteiger partial charge in [-0.3, -0.25) is 0 Å². The molecule has 28 heavy (non-hydrogen) atoms. The van der Waals surface area contributed by atoms with Crippen molar-refractivity contribution in [3.05, 3.63) is 41.3 Å². The first-order valence-electron chi connectivity index (χ1n) is 12.8. The average molecular weight is 386 g/mol. The second kappa shape index (κ2) is 18.3. The molecule has 0 aliphatic heterocycles. The number of benzene rings is 1. The zero-order valence-electron chi connectivity index (χ0n) is 19.5. The molecule has 0 saturated heterocycles. The van der Waals surface area contributed by atoms with Crippen LogP contribution in [0.2, 0.25) is 0 Å². The van der Waals surface area contributed by atoms with Crippen molar-refractivity contribution in [3.8, 4) is 0 Å². The highest BCUT2D eigenvalue weighted by molar-refractivity contribution is 5.33. The number of hydrogen-bond donors (Lipinski definition) is 0. The summed E-state index contributed by atoms with van der Waals surface area (Å²) in [6.45, 7) is 6.88. The van der Waals surface area contributed by atoms with Crippen molar-refractivity contribution in [2.75, 3.05) is 0 Å². The molecular weight excluding hydrogens is 336 g/mol. The van der Waals surface area contributed by atoms with Crippen LogP contribution in [0.4, 0.5) is 0 Å². The second-order valence-corrected chi connectivity index (χ2v) is 8.79. The molecule has 0 N–H and O–H groups in total. The first-order chi connectivity index (χ1) is 13.8. The fraction of sp³-hybridized carbons (Fsp3) is 0.750. The van der Waals surface area contributed by atoms with E-state index in [1.807, 2.05) is 0 Å². The molecule has 0 atom stereocenters. The Morgan fingerprint density at radius 1 is 0.500 bits per heavy atom. The summed E-state index contributed by atoms with van der Waals surface area (Å²) in [6, 6.07) is 9.55. The summed E-state index contributed by atoms with van der Waals surface area (Å²) in [7, 11) is 0. The van der Waals surface area contributed by atoms with Crippen LogP contribution >= 0.6 is 0 Å². The van der Waals surface area contributed by atoms with E-state index in [9.17, 15) is 0 Å². The summed E-state index contributed by atoms with van der Waals surface area (Å²) in [5.74, 6) is 1.73. The van der Waals surface area contributed by atoms with Gasteiger partial charge in [-0.15, -0.1) is 0 Å². The molecule has 1 radical (unpaired) electrons. The Morgan fingerprint density at radius 2 is 0.929 bits per heavy atom. The number of aryl methyl sites for hydroxylation is 1. The Balaban J connectivity index is 2.37. The van der Waals surface area contributed by atoms with Gasteiger partial charge in [0, 0.05) is 5.92 Å². The van der Waals surface area contributed by atoms with Gasteiger partial charge in [-0.05, 0) is 30.4 Å². The molecule has 0 fully saturated rings. The lowest BCUT2D eigenvalue weighted by atomic mass is 9.87. The summed E-state index contributed by atoms with van der Waals surface area (Å²) >= 11 is 0. The highest BCUT2D eigenvalue weighted by Gasteiger charge is 2.12. The molecule has 0 bridgehead atoms. The van der Waals surface area contributed by atoms with E-state index in [1.165, 1.54) is 127 Å². The predicted octanol–water partition coefficient (Wildman–Crippen LogP) is 9.84. The van der Waals surface area contributed by atoms with Crippen LogP contribution in [0.25, 0.3) is 0 Å². The van der Waals surface area contributed by atoms with E-state index in [-0.39, 0.29) is 0 Å². The lowest BCUT2D eigenvalue weighted by molar-refractivity contribution is 0.551. The third-order valence-electron chi connectivity index (χ3n) is 6.07. The Hall–Kier alpha value is -0.780. The van der Waals surface area contributed by atoms with Crippen LogP contribution in [0.15, 0.2) is 24.3 Å². The largest absolute Gasteiger partial charge is 0.0654 e. The Morgan fingerprint density at radius 3 is 1.36 bits per heavy atom.